The standard InChI is InChI=1S/C8H7F3O3S/c9-5-3-7(10)6(8(11)4-5)1-2-15(12,13)14/h3-4H,1-2H2,(H,12,13,14). The van der Waals surface area contributed by atoms with Crippen molar-refractivity contribution in [1.82, 2.24) is 0 Å². The molecule has 0 atom stereocenters. The minimum Gasteiger partial charge on any atom is -0.286 e. The highest BCUT2D eigenvalue weighted by atomic mass is 32.2. The lowest BCUT2D eigenvalue weighted by molar-refractivity contribution is 0.480. The summed E-state index contributed by atoms with van der Waals surface area (Å²) in [6.45, 7) is 0. The van der Waals surface area contributed by atoms with Gasteiger partial charge in [-0.3, -0.25) is 4.55 Å². The van der Waals surface area contributed by atoms with Gasteiger partial charge in [-0.05, 0) is 6.42 Å². The van der Waals surface area contributed by atoms with Crippen LogP contribution < -0.4 is 0 Å². The average molecular weight is 240 g/mol. The second kappa shape index (κ2) is 4.19. The van der Waals surface area contributed by atoms with Crippen molar-refractivity contribution < 1.29 is 26.1 Å². The highest BCUT2D eigenvalue weighted by Gasteiger charge is 2.14. The molecule has 0 fully saturated rings. The Morgan fingerprint density at radius 2 is 1.60 bits per heavy atom. The monoisotopic (exact) mass is 240 g/mol. The molecule has 1 aromatic rings. The molecule has 0 unspecified atom stereocenters. The number of hydrogen-bond acceptors (Lipinski definition) is 2. The fourth-order valence-electron chi connectivity index (χ4n) is 1.04. The lowest BCUT2D eigenvalue weighted by Crippen LogP contribution is -2.09. The van der Waals surface area contributed by atoms with Crippen molar-refractivity contribution in [2.24, 2.45) is 0 Å². The first-order valence-corrected chi connectivity index (χ1v) is 5.49. The van der Waals surface area contributed by atoms with Gasteiger partial charge in [0.1, 0.15) is 17.5 Å². The zero-order chi connectivity index (χ0) is 11.6. The molecule has 1 rings (SSSR count). The predicted octanol–water partition coefficient (Wildman–Crippen LogP) is 1.53. The van der Waals surface area contributed by atoms with Crippen LogP contribution in [0.5, 0.6) is 0 Å². The SMILES string of the molecule is O=S(=O)(O)CCc1c(F)cc(F)cc1F. The third-order valence-electron chi connectivity index (χ3n) is 1.72. The van der Waals surface area contributed by atoms with E-state index in [1.54, 1.807) is 0 Å². The lowest BCUT2D eigenvalue weighted by atomic mass is 10.1. The number of benzene rings is 1. The van der Waals surface area contributed by atoms with Gasteiger partial charge in [-0.25, -0.2) is 13.2 Å². The Bertz CT molecular complexity index is 447. The van der Waals surface area contributed by atoms with Gasteiger partial charge in [0.2, 0.25) is 0 Å². The molecule has 0 aliphatic rings. The topological polar surface area (TPSA) is 54.4 Å². The molecule has 0 saturated heterocycles. The third-order valence-corrected chi connectivity index (χ3v) is 2.44. The second-order valence-electron chi connectivity index (χ2n) is 2.88. The molecule has 0 bridgehead atoms. The molecular weight excluding hydrogens is 233 g/mol. The predicted molar refractivity (Wildman–Crippen MR) is 46.4 cm³/mol. The highest BCUT2D eigenvalue weighted by molar-refractivity contribution is 7.85. The van der Waals surface area contributed by atoms with Crippen molar-refractivity contribution in [2.45, 2.75) is 6.42 Å². The molecule has 7 heteroatoms. The van der Waals surface area contributed by atoms with E-state index in [4.69, 9.17) is 4.55 Å². The molecule has 0 aromatic heterocycles. The average Bonchev–Trinajstić information content (AvgIpc) is 1.99. The first kappa shape index (κ1) is 12.0. The van der Waals surface area contributed by atoms with Crippen molar-refractivity contribution in [1.29, 1.82) is 0 Å². The smallest absolute Gasteiger partial charge is 0.265 e. The van der Waals surface area contributed by atoms with Crippen LogP contribution in [-0.4, -0.2) is 18.7 Å². The van der Waals surface area contributed by atoms with Gasteiger partial charge in [-0.15, -0.1) is 0 Å². The van der Waals surface area contributed by atoms with E-state index in [1.165, 1.54) is 0 Å². The zero-order valence-electron chi connectivity index (χ0n) is 7.37. The van der Waals surface area contributed by atoms with Crippen molar-refractivity contribution in [2.75, 3.05) is 5.75 Å². The first-order chi connectivity index (χ1) is 6.79. The van der Waals surface area contributed by atoms with Crippen LogP contribution in [0.4, 0.5) is 13.2 Å². The van der Waals surface area contributed by atoms with Crippen molar-refractivity contribution in [3.05, 3.63) is 35.1 Å². The van der Waals surface area contributed by atoms with Crippen molar-refractivity contribution in [3.8, 4) is 0 Å². The molecule has 84 valence electrons. The molecule has 0 aliphatic carbocycles. The maximum absolute atomic E-state index is 12.9. The molecule has 15 heavy (non-hydrogen) atoms. The Morgan fingerprint density at radius 1 is 1.13 bits per heavy atom. The van der Waals surface area contributed by atoms with Crippen LogP contribution in [0.3, 0.4) is 0 Å². The Labute approximate surface area is 84.3 Å². The van der Waals surface area contributed by atoms with E-state index in [0.717, 1.165) is 0 Å². The van der Waals surface area contributed by atoms with Crippen LogP contribution in [-0.2, 0) is 16.5 Å². The van der Waals surface area contributed by atoms with E-state index in [9.17, 15) is 21.6 Å². The molecule has 0 heterocycles. The number of halogens is 3. The molecular formula is C8H7F3O3S. The second-order valence-corrected chi connectivity index (χ2v) is 4.46. The summed E-state index contributed by atoms with van der Waals surface area (Å²) in [6, 6.07) is 0.894. The Kier molecular flexibility index (Phi) is 3.35. The van der Waals surface area contributed by atoms with E-state index in [1.807, 2.05) is 0 Å². The lowest BCUT2D eigenvalue weighted by Gasteiger charge is -2.03. The number of rotatable bonds is 3. The van der Waals surface area contributed by atoms with Crippen LogP contribution >= 0.6 is 0 Å². The summed E-state index contributed by atoms with van der Waals surface area (Å²) in [5, 5.41) is 0. The molecule has 3 nitrogen and oxygen atoms in total. The van der Waals surface area contributed by atoms with Gasteiger partial charge in [0.05, 0.1) is 5.75 Å². The van der Waals surface area contributed by atoms with Gasteiger partial charge in [-0.1, -0.05) is 0 Å². The van der Waals surface area contributed by atoms with Crippen molar-refractivity contribution in [3.63, 3.8) is 0 Å². The Hall–Kier alpha value is -1.08. The fourth-order valence-corrected chi connectivity index (χ4v) is 1.50. The Morgan fingerprint density at radius 3 is 2.00 bits per heavy atom. The molecule has 0 aliphatic heterocycles. The molecule has 0 saturated carbocycles. The van der Waals surface area contributed by atoms with E-state index >= 15 is 0 Å². The van der Waals surface area contributed by atoms with Gasteiger partial charge in [-0.2, -0.15) is 8.42 Å². The zero-order valence-corrected chi connectivity index (χ0v) is 8.19. The molecule has 0 amide bonds. The third kappa shape index (κ3) is 3.52. The van der Waals surface area contributed by atoms with Gasteiger partial charge >= 0.3 is 0 Å². The molecule has 1 N–H and O–H groups in total. The first-order valence-electron chi connectivity index (χ1n) is 3.88. The van der Waals surface area contributed by atoms with Crippen LogP contribution in [0, 0.1) is 17.5 Å². The van der Waals surface area contributed by atoms with Gasteiger partial charge in [0, 0.05) is 17.7 Å². The molecule has 0 spiro atoms. The normalized spacial score (nSPS) is 11.7. The largest absolute Gasteiger partial charge is 0.286 e. The maximum atomic E-state index is 12.9. The number of hydrogen-bond donors (Lipinski definition) is 1. The van der Waals surface area contributed by atoms with E-state index in [0.29, 0.717) is 12.1 Å². The minimum absolute atomic E-state index is 0.447. The molecule has 1 aromatic carbocycles. The van der Waals surface area contributed by atoms with Gasteiger partial charge in [0.25, 0.3) is 10.1 Å². The fraction of sp³-hybridized carbons (Fsp3) is 0.250. The quantitative estimate of drug-likeness (QED) is 0.815. The summed E-state index contributed by atoms with van der Waals surface area (Å²) in [5.41, 5.74) is -0.561. The highest BCUT2D eigenvalue weighted by Crippen LogP contribution is 2.15. The van der Waals surface area contributed by atoms with E-state index in [-0.39, 0.29) is 0 Å². The minimum atomic E-state index is -4.29. The van der Waals surface area contributed by atoms with Crippen molar-refractivity contribution >= 4 is 10.1 Å². The summed E-state index contributed by atoms with van der Waals surface area (Å²) in [7, 11) is -4.29. The van der Waals surface area contributed by atoms with E-state index < -0.39 is 45.3 Å². The van der Waals surface area contributed by atoms with Gasteiger partial charge in [0.15, 0.2) is 0 Å². The van der Waals surface area contributed by atoms with Gasteiger partial charge < -0.3 is 0 Å². The molecule has 0 radical (unpaired) electrons. The van der Waals surface area contributed by atoms with Crippen LogP contribution in [0.25, 0.3) is 0 Å². The summed E-state index contributed by atoms with van der Waals surface area (Å²) in [6.07, 6.45) is -0.545. The summed E-state index contributed by atoms with van der Waals surface area (Å²) >= 11 is 0. The maximum Gasteiger partial charge on any atom is 0.265 e. The summed E-state index contributed by atoms with van der Waals surface area (Å²) in [5.74, 6) is -4.24. The van der Waals surface area contributed by atoms with E-state index in [2.05, 4.69) is 0 Å². The van der Waals surface area contributed by atoms with Crippen LogP contribution in [0.15, 0.2) is 12.1 Å². The summed E-state index contributed by atoms with van der Waals surface area (Å²) in [4.78, 5) is 0. The Balaban J connectivity index is 2.96. The summed E-state index contributed by atoms with van der Waals surface area (Å²) < 4.78 is 67.3. The van der Waals surface area contributed by atoms with Crippen LogP contribution in [0.1, 0.15) is 5.56 Å². The van der Waals surface area contributed by atoms with Crippen LogP contribution in [0.2, 0.25) is 0 Å².